The van der Waals surface area contributed by atoms with Gasteiger partial charge in [0.1, 0.15) is 5.82 Å². The van der Waals surface area contributed by atoms with E-state index in [2.05, 4.69) is 9.97 Å². The topological polar surface area (TPSA) is 88.8 Å². The van der Waals surface area contributed by atoms with Gasteiger partial charge in [-0.15, -0.1) is 0 Å². The molecule has 17 heavy (non-hydrogen) atoms. The van der Waals surface area contributed by atoms with Crippen molar-refractivity contribution in [1.29, 1.82) is 0 Å². The predicted octanol–water partition coefficient (Wildman–Crippen LogP) is 0.512. The highest BCUT2D eigenvalue weighted by molar-refractivity contribution is 7.91. The fourth-order valence-electron chi connectivity index (χ4n) is 2.24. The first kappa shape index (κ1) is 12.6. The zero-order valence-electron chi connectivity index (χ0n) is 10.1. The molecule has 1 atom stereocenters. The van der Waals surface area contributed by atoms with Gasteiger partial charge in [0, 0.05) is 11.6 Å². The zero-order chi connectivity index (χ0) is 12.5. The van der Waals surface area contributed by atoms with E-state index in [1.54, 1.807) is 0 Å². The van der Waals surface area contributed by atoms with E-state index < -0.39 is 9.84 Å². The van der Waals surface area contributed by atoms with Gasteiger partial charge in [-0.05, 0) is 32.7 Å². The maximum absolute atomic E-state index is 11.4. The van der Waals surface area contributed by atoms with Gasteiger partial charge in [-0.1, -0.05) is 0 Å². The van der Waals surface area contributed by atoms with Crippen molar-refractivity contribution < 1.29 is 8.42 Å². The number of aromatic nitrogens is 2. The van der Waals surface area contributed by atoms with Gasteiger partial charge in [0.2, 0.25) is 0 Å². The SMILES string of the molecule is Cc1[nH]c(C2CCS(=O)(=O)C2)nc1CCCN. The Kier molecular flexibility index (Phi) is 3.53. The summed E-state index contributed by atoms with van der Waals surface area (Å²) in [6.45, 7) is 2.63. The molecule has 1 unspecified atom stereocenters. The second-order valence-corrected chi connectivity index (χ2v) is 6.91. The van der Waals surface area contributed by atoms with Crippen LogP contribution >= 0.6 is 0 Å². The van der Waals surface area contributed by atoms with Gasteiger partial charge in [-0.2, -0.15) is 0 Å². The second kappa shape index (κ2) is 4.78. The molecule has 1 aromatic heterocycles. The van der Waals surface area contributed by atoms with Gasteiger partial charge in [-0.25, -0.2) is 13.4 Å². The maximum atomic E-state index is 11.4. The maximum Gasteiger partial charge on any atom is 0.151 e. The lowest BCUT2D eigenvalue weighted by Crippen LogP contribution is -2.05. The number of aromatic amines is 1. The quantitative estimate of drug-likeness (QED) is 0.822. The van der Waals surface area contributed by atoms with E-state index in [4.69, 9.17) is 5.73 Å². The minimum atomic E-state index is -2.84. The van der Waals surface area contributed by atoms with E-state index in [1.807, 2.05) is 6.92 Å². The molecule has 3 N–H and O–H groups in total. The number of rotatable bonds is 4. The first-order chi connectivity index (χ1) is 8.02. The summed E-state index contributed by atoms with van der Waals surface area (Å²) in [5.74, 6) is 1.40. The molecule has 0 saturated carbocycles. The molecule has 0 amide bonds. The van der Waals surface area contributed by atoms with Gasteiger partial charge in [0.25, 0.3) is 0 Å². The van der Waals surface area contributed by atoms with Crippen molar-refractivity contribution in [3.8, 4) is 0 Å². The van der Waals surface area contributed by atoms with Crippen LogP contribution in [0.15, 0.2) is 0 Å². The van der Waals surface area contributed by atoms with Crippen LogP contribution in [0.4, 0.5) is 0 Å². The summed E-state index contributed by atoms with van der Waals surface area (Å²) < 4.78 is 22.8. The minimum Gasteiger partial charge on any atom is -0.346 e. The Hall–Kier alpha value is -0.880. The predicted molar refractivity (Wildman–Crippen MR) is 66.7 cm³/mol. The highest BCUT2D eigenvalue weighted by Crippen LogP contribution is 2.27. The van der Waals surface area contributed by atoms with Crippen LogP contribution in [0, 0.1) is 6.92 Å². The first-order valence-electron chi connectivity index (χ1n) is 5.97. The fraction of sp³-hybridized carbons (Fsp3) is 0.727. The molecule has 6 heteroatoms. The Bertz CT molecular complexity index is 493. The number of hydrogen-bond acceptors (Lipinski definition) is 4. The third-order valence-corrected chi connectivity index (χ3v) is 5.01. The molecular formula is C11H19N3O2S. The summed E-state index contributed by atoms with van der Waals surface area (Å²) >= 11 is 0. The van der Waals surface area contributed by atoms with Gasteiger partial charge in [0.15, 0.2) is 9.84 Å². The molecule has 2 rings (SSSR count). The van der Waals surface area contributed by atoms with Crippen LogP contribution < -0.4 is 5.73 Å². The van der Waals surface area contributed by atoms with Gasteiger partial charge >= 0.3 is 0 Å². The third-order valence-electron chi connectivity index (χ3n) is 3.24. The van der Waals surface area contributed by atoms with Crippen LogP contribution in [0.3, 0.4) is 0 Å². The van der Waals surface area contributed by atoms with Gasteiger partial charge in [-0.3, -0.25) is 0 Å². The number of sulfone groups is 1. The van der Waals surface area contributed by atoms with Crippen LogP contribution in [0.25, 0.3) is 0 Å². The number of H-pyrrole nitrogens is 1. The number of hydrogen-bond donors (Lipinski definition) is 2. The molecule has 1 saturated heterocycles. The monoisotopic (exact) mass is 257 g/mol. The summed E-state index contributed by atoms with van der Waals surface area (Å²) in [7, 11) is -2.84. The lowest BCUT2D eigenvalue weighted by Gasteiger charge is -2.01. The molecule has 2 heterocycles. The van der Waals surface area contributed by atoms with Gasteiger partial charge < -0.3 is 10.7 Å². The molecule has 0 radical (unpaired) electrons. The Balaban J connectivity index is 2.12. The Morgan fingerprint density at radius 1 is 1.53 bits per heavy atom. The molecule has 0 spiro atoms. The summed E-state index contributed by atoms with van der Waals surface area (Å²) in [6, 6.07) is 0. The van der Waals surface area contributed by atoms with Crippen LogP contribution in [-0.4, -0.2) is 36.4 Å². The molecule has 1 aromatic rings. The molecular weight excluding hydrogens is 238 g/mol. The van der Waals surface area contributed by atoms with Crippen molar-refractivity contribution in [2.24, 2.45) is 5.73 Å². The summed E-state index contributed by atoms with van der Waals surface area (Å²) in [5, 5.41) is 0. The van der Waals surface area contributed by atoms with Crippen molar-refractivity contribution in [2.45, 2.75) is 32.1 Å². The van der Waals surface area contributed by atoms with Crippen molar-refractivity contribution in [2.75, 3.05) is 18.1 Å². The molecule has 1 aliphatic rings. The third kappa shape index (κ3) is 2.87. The van der Waals surface area contributed by atoms with E-state index in [9.17, 15) is 8.42 Å². The molecule has 0 aromatic carbocycles. The van der Waals surface area contributed by atoms with Crippen LogP contribution in [0.1, 0.15) is 36.0 Å². The summed E-state index contributed by atoms with van der Waals surface area (Å²) in [6.07, 6.45) is 2.46. The molecule has 5 nitrogen and oxygen atoms in total. The normalized spacial score (nSPS) is 23.1. The fourth-order valence-corrected chi connectivity index (χ4v) is 3.99. The summed E-state index contributed by atoms with van der Waals surface area (Å²) in [5.41, 5.74) is 7.54. The average Bonchev–Trinajstić information content (AvgIpc) is 2.79. The van der Waals surface area contributed by atoms with E-state index >= 15 is 0 Å². The Morgan fingerprint density at radius 2 is 2.29 bits per heavy atom. The average molecular weight is 257 g/mol. The molecule has 0 aliphatic carbocycles. The number of aryl methyl sites for hydroxylation is 2. The Morgan fingerprint density at radius 3 is 2.88 bits per heavy atom. The van der Waals surface area contributed by atoms with Crippen molar-refractivity contribution in [3.63, 3.8) is 0 Å². The molecule has 1 aliphatic heterocycles. The van der Waals surface area contributed by atoms with Crippen molar-refractivity contribution in [1.82, 2.24) is 9.97 Å². The second-order valence-electron chi connectivity index (χ2n) is 4.69. The molecule has 96 valence electrons. The number of imidazole rings is 1. The highest BCUT2D eigenvalue weighted by Gasteiger charge is 2.31. The minimum absolute atomic E-state index is 0.0466. The number of nitrogens with zero attached hydrogens (tertiary/aromatic N) is 1. The van der Waals surface area contributed by atoms with Crippen LogP contribution in [0.5, 0.6) is 0 Å². The largest absolute Gasteiger partial charge is 0.346 e. The van der Waals surface area contributed by atoms with E-state index in [0.29, 0.717) is 13.0 Å². The van der Waals surface area contributed by atoms with Gasteiger partial charge in [0.05, 0.1) is 17.2 Å². The van der Waals surface area contributed by atoms with Crippen LogP contribution in [0.2, 0.25) is 0 Å². The lowest BCUT2D eigenvalue weighted by molar-refractivity contribution is 0.601. The summed E-state index contributed by atoms with van der Waals surface area (Å²) in [4.78, 5) is 7.74. The molecule has 0 bridgehead atoms. The number of nitrogens with one attached hydrogen (secondary N) is 1. The smallest absolute Gasteiger partial charge is 0.151 e. The van der Waals surface area contributed by atoms with E-state index in [0.717, 1.165) is 30.1 Å². The van der Waals surface area contributed by atoms with Crippen molar-refractivity contribution in [3.05, 3.63) is 17.2 Å². The first-order valence-corrected chi connectivity index (χ1v) is 7.80. The van der Waals surface area contributed by atoms with E-state index in [-0.39, 0.29) is 17.4 Å². The zero-order valence-corrected chi connectivity index (χ0v) is 10.9. The molecule has 1 fully saturated rings. The Labute approximate surface area is 102 Å². The lowest BCUT2D eigenvalue weighted by atomic mass is 10.1. The van der Waals surface area contributed by atoms with Crippen molar-refractivity contribution >= 4 is 9.84 Å². The van der Waals surface area contributed by atoms with Crippen LogP contribution in [-0.2, 0) is 16.3 Å². The standard InChI is InChI=1S/C11H19N3O2S/c1-8-10(3-2-5-12)14-11(13-8)9-4-6-17(15,16)7-9/h9H,2-7,12H2,1H3,(H,13,14). The number of nitrogens with two attached hydrogens (primary N) is 1. The van der Waals surface area contributed by atoms with E-state index in [1.165, 1.54) is 0 Å². The highest BCUT2D eigenvalue weighted by atomic mass is 32.2.